The second kappa shape index (κ2) is 8.04. The van der Waals surface area contributed by atoms with Crippen molar-refractivity contribution in [1.29, 1.82) is 0 Å². The summed E-state index contributed by atoms with van der Waals surface area (Å²) in [7, 11) is 0. The number of benzene rings is 1. The number of anilines is 3. The van der Waals surface area contributed by atoms with Crippen LogP contribution in [0.25, 0.3) is 0 Å². The molecule has 1 aromatic heterocycles. The first-order chi connectivity index (χ1) is 15.3. The minimum Gasteiger partial charge on any atom is -0.338 e. The van der Waals surface area contributed by atoms with Gasteiger partial charge >= 0.3 is 6.18 Å². The van der Waals surface area contributed by atoms with E-state index in [4.69, 9.17) is 0 Å². The molecule has 8 heteroatoms. The molecular weight excluding hydrogens is 483 g/mol. The molecule has 2 saturated carbocycles. The molecule has 1 amide bonds. The van der Waals surface area contributed by atoms with Crippen molar-refractivity contribution >= 4 is 39.0 Å². The van der Waals surface area contributed by atoms with Gasteiger partial charge in [0.15, 0.2) is 0 Å². The lowest BCUT2D eigenvalue weighted by Gasteiger charge is -2.34. The molecule has 2 aromatic rings. The fourth-order valence-corrected chi connectivity index (χ4v) is 5.58. The normalized spacial score (nSPS) is 24.1. The van der Waals surface area contributed by atoms with Crippen LogP contribution < -0.4 is 10.2 Å². The number of pyridine rings is 1. The van der Waals surface area contributed by atoms with Gasteiger partial charge < -0.3 is 10.2 Å². The molecule has 0 radical (unpaired) electrons. The summed E-state index contributed by atoms with van der Waals surface area (Å²) in [5.74, 6) is 0.660. The third-order valence-corrected chi connectivity index (χ3v) is 7.81. The van der Waals surface area contributed by atoms with E-state index in [1.807, 2.05) is 35.2 Å². The number of amides is 1. The Morgan fingerprint density at radius 3 is 2.62 bits per heavy atom. The van der Waals surface area contributed by atoms with Crippen LogP contribution in [0.15, 0.2) is 41.0 Å². The van der Waals surface area contributed by atoms with E-state index < -0.39 is 11.6 Å². The smallest absolute Gasteiger partial charge is 0.338 e. The molecule has 0 bridgehead atoms. The Morgan fingerprint density at radius 2 is 1.94 bits per heavy atom. The average Bonchev–Trinajstić information content (AvgIpc) is 3.57. The van der Waals surface area contributed by atoms with Gasteiger partial charge in [-0.1, -0.05) is 22.0 Å². The van der Waals surface area contributed by atoms with Crippen LogP contribution in [0.2, 0.25) is 0 Å². The summed E-state index contributed by atoms with van der Waals surface area (Å²) in [6, 6.07) is 9.58. The zero-order valence-electron chi connectivity index (χ0n) is 17.6. The van der Waals surface area contributed by atoms with Crippen molar-refractivity contribution in [2.75, 3.05) is 10.2 Å². The first-order valence-electron chi connectivity index (χ1n) is 11.1. The maximum atomic E-state index is 13.6. The predicted molar refractivity (Wildman–Crippen MR) is 121 cm³/mol. The molecular formula is C24H25BrF3N3O. The lowest BCUT2D eigenvalue weighted by atomic mass is 9.76. The molecule has 1 N–H and O–H groups in total. The van der Waals surface area contributed by atoms with Crippen LogP contribution in [0.5, 0.6) is 0 Å². The van der Waals surface area contributed by atoms with Gasteiger partial charge in [-0.15, -0.1) is 0 Å². The number of halogens is 4. The standard InChI is InChI=1S/C24H25BrF3N3O/c25-18-7-8-19-20(12-18)31(14-17-2-1-11-29-21(17)30-19)22(32)16-5-3-15(4-6-16)13-23(9-10-23)24(26,27)28/h1-2,7-8,11-12,15-16H,3-6,9-10,13-14H2,(H,29,30). The lowest BCUT2D eigenvalue weighted by Crippen LogP contribution is -2.38. The summed E-state index contributed by atoms with van der Waals surface area (Å²) in [5.41, 5.74) is 1.09. The number of carbonyl (C=O) groups is 1. The summed E-state index contributed by atoms with van der Waals surface area (Å²) < 4.78 is 40.9. The highest BCUT2D eigenvalue weighted by atomic mass is 79.9. The third-order valence-electron chi connectivity index (χ3n) is 7.32. The van der Waals surface area contributed by atoms with Gasteiger partial charge in [0, 0.05) is 22.2 Å². The van der Waals surface area contributed by atoms with E-state index in [2.05, 4.69) is 26.2 Å². The van der Waals surface area contributed by atoms with Gasteiger partial charge in [-0.05, 0) is 75.1 Å². The largest absolute Gasteiger partial charge is 0.394 e. The lowest BCUT2D eigenvalue weighted by molar-refractivity contribution is -0.192. The Bertz CT molecular complexity index is 1030. The van der Waals surface area contributed by atoms with Crippen molar-refractivity contribution in [1.82, 2.24) is 4.98 Å². The van der Waals surface area contributed by atoms with Crippen LogP contribution in [0.3, 0.4) is 0 Å². The summed E-state index contributed by atoms with van der Waals surface area (Å²) in [5, 5.41) is 3.34. The first kappa shape index (κ1) is 21.7. The number of rotatable bonds is 3. The number of alkyl halides is 3. The van der Waals surface area contributed by atoms with Gasteiger partial charge in [0.05, 0.1) is 23.3 Å². The molecule has 2 fully saturated rings. The van der Waals surface area contributed by atoms with Crippen LogP contribution in [0, 0.1) is 17.3 Å². The average molecular weight is 508 g/mol. The van der Waals surface area contributed by atoms with E-state index in [1.165, 1.54) is 0 Å². The van der Waals surface area contributed by atoms with Gasteiger partial charge in [-0.25, -0.2) is 4.98 Å². The Kier molecular flexibility index (Phi) is 5.47. The van der Waals surface area contributed by atoms with Crippen LogP contribution >= 0.6 is 15.9 Å². The fraction of sp³-hybridized carbons (Fsp3) is 0.500. The van der Waals surface area contributed by atoms with E-state index >= 15 is 0 Å². The topological polar surface area (TPSA) is 45.2 Å². The van der Waals surface area contributed by atoms with E-state index in [-0.39, 0.29) is 37.0 Å². The van der Waals surface area contributed by atoms with Crippen molar-refractivity contribution < 1.29 is 18.0 Å². The SMILES string of the molecule is O=C(C1CCC(CC2(C(F)(F)F)CC2)CC1)N1Cc2cccnc2Nc2ccc(Br)cc21. The highest BCUT2D eigenvalue weighted by Gasteiger charge is 2.63. The minimum atomic E-state index is -4.10. The van der Waals surface area contributed by atoms with E-state index in [0.29, 0.717) is 32.2 Å². The van der Waals surface area contributed by atoms with E-state index in [1.54, 1.807) is 6.20 Å². The summed E-state index contributed by atoms with van der Waals surface area (Å²) in [6.45, 7) is 0.412. The molecule has 2 aliphatic carbocycles. The molecule has 2 heterocycles. The van der Waals surface area contributed by atoms with Gasteiger partial charge in [0.25, 0.3) is 0 Å². The highest BCUT2D eigenvalue weighted by Crippen LogP contribution is 2.62. The van der Waals surface area contributed by atoms with Crippen LogP contribution in [-0.2, 0) is 11.3 Å². The van der Waals surface area contributed by atoms with E-state index in [9.17, 15) is 18.0 Å². The summed E-state index contributed by atoms with van der Waals surface area (Å²) in [6.07, 6.45) is 1.01. The second-order valence-corrected chi connectivity index (χ2v) is 10.3. The summed E-state index contributed by atoms with van der Waals surface area (Å²) >= 11 is 3.51. The molecule has 0 atom stereocenters. The number of hydrogen-bond acceptors (Lipinski definition) is 3. The van der Waals surface area contributed by atoms with Gasteiger partial charge in [0.2, 0.25) is 5.91 Å². The molecule has 3 aliphatic rings. The number of carbonyl (C=O) groups excluding carboxylic acids is 1. The molecule has 5 rings (SSSR count). The Labute approximate surface area is 193 Å². The Balaban J connectivity index is 1.33. The number of aromatic nitrogens is 1. The maximum Gasteiger partial charge on any atom is 0.394 e. The number of nitrogens with one attached hydrogen (secondary N) is 1. The highest BCUT2D eigenvalue weighted by molar-refractivity contribution is 9.10. The monoisotopic (exact) mass is 507 g/mol. The van der Waals surface area contributed by atoms with Crippen LogP contribution in [0.4, 0.5) is 30.4 Å². The molecule has 1 aliphatic heterocycles. The van der Waals surface area contributed by atoms with Gasteiger partial charge in [0.1, 0.15) is 5.82 Å². The predicted octanol–water partition coefficient (Wildman–Crippen LogP) is 6.97. The molecule has 4 nitrogen and oxygen atoms in total. The van der Waals surface area contributed by atoms with Crippen LogP contribution in [-0.4, -0.2) is 17.1 Å². The van der Waals surface area contributed by atoms with Crippen molar-refractivity contribution in [3.8, 4) is 0 Å². The molecule has 0 spiro atoms. The molecule has 170 valence electrons. The van der Waals surface area contributed by atoms with Crippen molar-refractivity contribution in [2.24, 2.45) is 17.3 Å². The number of fused-ring (bicyclic) bond motifs is 2. The fourth-order valence-electron chi connectivity index (χ4n) is 5.23. The number of nitrogens with zero attached hydrogens (tertiary/aromatic N) is 2. The van der Waals surface area contributed by atoms with Crippen molar-refractivity contribution in [3.05, 3.63) is 46.6 Å². The second-order valence-electron chi connectivity index (χ2n) is 9.42. The Hall–Kier alpha value is -2.09. The zero-order valence-corrected chi connectivity index (χ0v) is 19.2. The molecule has 1 aromatic carbocycles. The molecule has 0 unspecified atom stereocenters. The number of hydrogen-bond donors (Lipinski definition) is 1. The van der Waals surface area contributed by atoms with Gasteiger partial charge in [-0.3, -0.25) is 4.79 Å². The molecule has 0 saturated heterocycles. The first-order valence-corrected chi connectivity index (χ1v) is 11.9. The Morgan fingerprint density at radius 1 is 1.19 bits per heavy atom. The van der Waals surface area contributed by atoms with Crippen molar-refractivity contribution in [2.45, 2.75) is 57.7 Å². The minimum absolute atomic E-state index is 0.0401. The zero-order chi connectivity index (χ0) is 22.5. The third kappa shape index (κ3) is 4.02. The maximum absolute atomic E-state index is 13.6. The quantitative estimate of drug-likeness (QED) is 0.487. The van der Waals surface area contributed by atoms with Gasteiger partial charge in [-0.2, -0.15) is 13.2 Å². The van der Waals surface area contributed by atoms with Crippen LogP contribution in [0.1, 0.15) is 50.5 Å². The van der Waals surface area contributed by atoms with Crippen molar-refractivity contribution in [3.63, 3.8) is 0 Å². The summed E-state index contributed by atoms with van der Waals surface area (Å²) in [4.78, 5) is 19.9. The van der Waals surface area contributed by atoms with E-state index in [0.717, 1.165) is 27.2 Å². The molecule has 32 heavy (non-hydrogen) atoms.